The molecule has 2 aliphatic heterocycles. The van der Waals surface area contributed by atoms with E-state index in [1.54, 1.807) is 0 Å². The van der Waals surface area contributed by atoms with Crippen LogP contribution in [-0.2, 0) is 10.7 Å². The molecule has 2 aliphatic rings. The van der Waals surface area contributed by atoms with Gasteiger partial charge in [0.05, 0.1) is 11.3 Å². The van der Waals surface area contributed by atoms with Crippen LogP contribution in [0.3, 0.4) is 0 Å². The number of pyridine rings is 1. The van der Waals surface area contributed by atoms with E-state index in [9.17, 15) is 22.4 Å². The molecule has 2 aromatic heterocycles. The highest BCUT2D eigenvalue weighted by molar-refractivity contribution is 5.88. The van der Waals surface area contributed by atoms with Gasteiger partial charge in [0.1, 0.15) is 23.7 Å². The monoisotopic (exact) mass is 454 g/mol. The van der Waals surface area contributed by atoms with E-state index >= 15 is 0 Å². The number of nitrogens with one attached hydrogen (secondary N) is 2. The SMILES string of the molecule is C[C@H]1CN(c2cc(C(C)(F)F)cc(-c3ncnc4c3[C@H](C(C)(F)F)OC(=O)N4)n2)CCN1. The first-order valence-electron chi connectivity index (χ1n) is 10.0. The van der Waals surface area contributed by atoms with Crippen molar-refractivity contribution >= 4 is 17.7 Å². The van der Waals surface area contributed by atoms with Crippen molar-refractivity contribution in [3.63, 3.8) is 0 Å². The Bertz CT molecular complexity index is 1040. The molecule has 0 radical (unpaired) electrons. The van der Waals surface area contributed by atoms with Crippen molar-refractivity contribution in [2.45, 2.75) is 44.8 Å². The summed E-state index contributed by atoms with van der Waals surface area (Å²) in [6.45, 7) is 5.00. The van der Waals surface area contributed by atoms with Crippen LogP contribution in [0, 0.1) is 0 Å². The van der Waals surface area contributed by atoms with E-state index in [4.69, 9.17) is 4.74 Å². The number of hydrogen-bond donors (Lipinski definition) is 2. The van der Waals surface area contributed by atoms with Gasteiger partial charge in [-0.1, -0.05) is 0 Å². The Kier molecular flexibility index (Phi) is 5.43. The maximum Gasteiger partial charge on any atom is 0.413 e. The third-order valence-corrected chi connectivity index (χ3v) is 5.31. The van der Waals surface area contributed by atoms with Crippen molar-refractivity contribution in [2.75, 3.05) is 29.9 Å². The number of carbonyl (C=O) groups excluding carboxylic acids is 1. The number of hydrogen-bond acceptors (Lipinski definition) is 7. The predicted molar refractivity (Wildman–Crippen MR) is 108 cm³/mol. The smallest absolute Gasteiger partial charge is 0.413 e. The van der Waals surface area contributed by atoms with Gasteiger partial charge in [0, 0.05) is 45.1 Å². The standard InChI is InChI=1S/C20H22F4N6O2/c1-10-8-30(5-4-25-10)13-7-11(19(2,21)22)6-12(28-13)15-14-16(20(3,23)24)32-18(31)29-17(14)27-9-26-15/h6-7,9-10,16,25H,4-5,8H2,1-3H3,(H,26,27,29,31)/t10-,16+/m0/s1. The van der Waals surface area contributed by atoms with Gasteiger partial charge in [0.2, 0.25) is 0 Å². The lowest BCUT2D eigenvalue weighted by molar-refractivity contribution is -0.0985. The number of carbonyl (C=O) groups is 1. The van der Waals surface area contributed by atoms with E-state index in [1.165, 1.54) is 6.07 Å². The molecule has 172 valence electrons. The lowest BCUT2D eigenvalue weighted by Crippen LogP contribution is -2.49. The van der Waals surface area contributed by atoms with Crippen molar-refractivity contribution in [2.24, 2.45) is 0 Å². The van der Waals surface area contributed by atoms with E-state index in [0.29, 0.717) is 26.6 Å². The Morgan fingerprint density at radius 3 is 2.59 bits per heavy atom. The molecule has 0 aromatic carbocycles. The van der Waals surface area contributed by atoms with Crippen LogP contribution in [0.2, 0.25) is 0 Å². The van der Waals surface area contributed by atoms with Crippen molar-refractivity contribution in [1.29, 1.82) is 0 Å². The molecule has 4 rings (SSSR count). The zero-order chi connectivity index (χ0) is 23.3. The fourth-order valence-electron chi connectivity index (χ4n) is 3.79. The third-order valence-electron chi connectivity index (χ3n) is 5.31. The molecule has 0 bridgehead atoms. The van der Waals surface area contributed by atoms with Gasteiger partial charge in [0.25, 0.3) is 11.8 Å². The first-order chi connectivity index (χ1) is 14.9. The highest BCUT2D eigenvalue weighted by Crippen LogP contribution is 2.44. The molecule has 0 aliphatic carbocycles. The van der Waals surface area contributed by atoms with Gasteiger partial charge >= 0.3 is 6.09 Å². The summed E-state index contributed by atoms with van der Waals surface area (Å²) < 4.78 is 62.1. The zero-order valence-corrected chi connectivity index (χ0v) is 17.6. The summed E-state index contributed by atoms with van der Waals surface area (Å²) in [5.41, 5.74) is -0.713. The number of fused-ring (bicyclic) bond motifs is 1. The number of halogens is 4. The minimum Gasteiger partial charge on any atom is -0.434 e. The molecule has 12 heteroatoms. The van der Waals surface area contributed by atoms with Crippen LogP contribution in [0.1, 0.15) is 38.0 Å². The summed E-state index contributed by atoms with van der Waals surface area (Å²) >= 11 is 0. The van der Waals surface area contributed by atoms with Gasteiger partial charge in [-0.15, -0.1) is 0 Å². The van der Waals surface area contributed by atoms with Crippen molar-refractivity contribution in [3.8, 4) is 11.4 Å². The summed E-state index contributed by atoms with van der Waals surface area (Å²) in [5.74, 6) is -6.58. The molecule has 8 nitrogen and oxygen atoms in total. The number of rotatable bonds is 4. The molecule has 2 aromatic rings. The topological polar surface area (TPSA) is 92.3 Å². The Morgan fingerprint density at radius 2 is 1.94 bits per heavy atom. The van der Waals surface area contributed by atoms with Crippen molar-refractivity contribution < 1.29 is 27.1 Å². The van der Waals surface area contributed by atoms with Crippen LogP contribution in [0.15, 0.2) is 18.5 Å². The predicted octanol–water partition coefficient (Wildman–Crippen LogP) is 3.71. The van der Waals surface area contributed by atoms with Gasteiger partial charge in [0.15, 0.2) is 6.10 Å². The molecule has 0 unspecified atom stereocenters. The molecule has 4 heterocycles. The number of nitrogens with zero attached hydrogens (tertiary/aromatic N) is 4. The Labute approximate surface area is 181 Å². The number of aromatic nitrogens is 3. The summed E-state index contributed by atoms with van der Waals surface area (Å²) in [5, 5.41) is 5.52. The van der Waals surface area contributed by atoms with Gasteiger partial charge < -0.3 is 15.0 Å². The molecule has 2 N–H and O–H groups in total. The maximum atomic E-state index is 14.3. The quantitative estimate of drug-likeness (QED) is 0.681. The second kappa shape index (κ2) is 7.84. The summed E-state index contributed by atoms with van der Waals surface area (Å²) in [6.07, 6.45) is -2.04. The van der Waals surface area contributed by atoms with Gasteiger partial charge in [-0.05, 0) is 19.1 Å². The summed E-state index contributed by atoms with van der Waals surface area (Å²) in [7, 11) is 0. The number of cyclic esters (lactones) is 1. The van der Waals surface area contributed by atoms with Crippen molar-refractivity contribution in [3.05, 3.63) is 29.6 Å². The van der Waals surface area contributed by atoms with Crippen LogP contribution in [-0.4, -0.2) is 52.6 Å². The van der Waals surface area contributed by atoms with E-state index in [1.807, 2.05) is 11.8 Å². The van der Waals surface area contributed by atoms with E-state index in [2.05, 4.69) is 25.6 Å². The van der Waals surface area contributed by atoms with Crippen LogP contribution in [0.25, 0.3) is 11.4 Å². The minimum absolute atomic E-state index is 0.0436. The van der Waals surface area contributed by atoms with E-state index in [0.717, 1.165) is 19.3 Å². The number of piperazine rings is 1. The first-order valence-corrected chi connectivity index (χ1v) is 10.0. The lowest BCUT2D eigenvalue weighted by Gasteiger charge is -2.34. The number of ether oxygens (including phenoxy) is 1. The Balaban J connectivity index is 1.90. The third kappa shape index (κ3) is 4.31. The largest absolute Gasteiger partial charge is 0.434 e. The highest BCUT2D eigenvalue weighted by atomic mass is 19.3. The number of alkyl halides is 4. The van der Waals surface area contributed by atoms with E-state index in [-0.39, 0.29) is 40.2 Å². The van der Waals surface area contributed by atoms with Crippen LogP contribution < -0.4 is 15.5 Å². The van der Waals surface area contributed by atoms with Gasteiger partial charge in [-0.3, -0.25) is 5.32 Å². The molecule has 2 atom stereocenters. The second-order valence-electron chi connectivity index (χ2n) is 8.14. The summed E-state index contributed by atoms with van der Waals surface area (Å²) in [4.78, 5) is 26.0. The molecular formula is C20H22F4N6O2. The number of amides is 1. The van der Waals surface area contributed by atoms with Gasteiger partial charge in [-0.25, -0.2) is 37.3 Å². The van der Waals surface area contributed by atoms with Crippen LogP contribution in [0.4, 0.5) is 34.0 Å². The molecule has 32 heavy (non-hydrogen) atoms. The summed E-state index contributed by atoms with van der Waals surface area (Å²) in [6, 6.07) is 2.51. The highest BCUT2D eigenvalue weighted by Gasteiger charge is 2.46. The average Bonchev–Trinajstić information content (AvgIpc) is 2.71. The molecule has 0 spiro atoms. The average molecular weight is 454 g/mol. The maximum absolute atomic E-state index is 14.3. The van der Waals surface area contributed by atoms with E-state index < -0.39 is 24.0 Å². The molecular weight excluding hydrogens is 432 g/mol. The Hall–Kier alpha value is -3.02. The molecule has 0 saturated carbocycles. The van der Waals surface area contributed by atoms with Crippen LogP contribution >= 0.6 is 0 Å². The first kappa shape index (κ1) is 22.2. The molecule has 1 fully saturated rings. The fraction of sp³-hybridized carbons (Fsp3) is 0.500. The Morgan fingerprint density at radius 1 is 1.19 bits per heavy atom. The van der Waals surface area contributed by atoms with Crippen LogP contribution in [0.5, 0.6) is 0 Å². The minimum atomic E-state index is -3.48. The van der Waals surface area contributed by atoms with Crippen molar-refractivity contribution in [1.82, 2.24) is 20.3 Å². The zero-order valence-electron chi connectivity index (χ0n) is 17.6. The second-order valence-corrected chi connectivity index (χ2v) is 8.14. The normalized spacial score (nSPS) is 21.6. The fourth-order valence-corrected chi connectivity index (χ4v) is 3.79. The molecule has 1 amide bonds. The van der Waals surface area contributed by atoms with Gasteiger partial charge in [-0.2, -0.15) is 0 Å². The lowest BCUT2D eigenvalue weighted by atomic mass is 9.98. The molecule has 1 saturated heterocycles. The number of anilines is 2.